The second-order valence-corrected chi connectivity index (χ2v) is 13.2. The topological polar surface area (TPSA) is 113 Å². The third kappa shape index (κ3) is 4.84. The summed E-state index contributed by atoms with van der Waals surface area (Å²) in [6, 6.07) is 20.6. The van der Waals surface area contributed by atoms with Crippen LogP contribution in [0.15, 0.2) is 77.7 Å². The van der Waals surface area contributed by atoms with Gasteiger partial charge in [-0.3, -0.25) is 0 Å². The van der Waals surface area contributed by atoms with Crippen LogP contribution in [0.3, 0.4) is 0 Å². The number of carbonyl (C=O) groups excluding carboxylic acids is 2. The zero-order valence-corrected chi connectivity index (χ0v) is 23.2. The first-order valence-electron chi connectivity index (χ1n) is 13.9. The molecule has 0 saturated heterocycles. The number of primary sulfonamides is 1. The highest BCUT2D eigenvalue weighted by atomic mass is 32.2. The number of nitrogens with two attached hydrogens (primary N) is 1. The molecule has 3 unspecified atom stereocenters. The maximum absolute atomic E-state index is 12.8. The van der Waals surface area contributed by atoms with E-state index in [1.807, 2.05) is 30.3 Å². The molecular formula is C32H33NO6S. The van der Waals surface area contributed by atoms with Crippen LogP contribution in [0.25, 0.3) is 0 Å². The molecule has 0 heterocycles. The molecule has 0 aromatic heterocycles. The number of carbonyl (C=O) groups is 2. The first-order chi connectivity index (χ1) is 19.1. The van der Waals surface area contributed by atoms with E-state index in [0.29, 0.717) is 29.1 Å². The highest BCUT2D eigenvalue weighted by Crippen LogP contribution is 2.61. The highest BCUT2D eigenvalue weighted by molar-refractivity contribution is 7.89. The molecule has 0 amide bonds. The maximum atomic E-state index is 12.8. The van der Waals surface area contributed by atoms with Gasteiger partial charge in [-0.05, 0) is 110 Å². The average Bonchev–Trinajstić information content (AvgIpc) is 3.28. The molecule has 0 aliphatic heterocycles. The number of hydrogen-bond acceptors (Lipinski definition) is 6. The van der Waals surface area contributed by atoms with Gasteiger partial charge in [-0.1, -0.05) is 37.3 Å². The number of sulfonamides is 1. The first kappa shape index (κ1) is 26.7. The lowest BCUT2D eigenvalue weighted by molar-refractivity contribution is -0.0427. The van der Waals surface area contributed by atoms with Crippen LogP contribution in [-0.2, 0) is 21.2 Å². The van der Waals surface area contributed by atoms with E-state index in [0.717, 1.165) is 38.5 Å². The summed E-state index contributed by atoms with van der Waals surface area (Å²) in [5.41, 5.74) is 3.21. The quantitative estimate of drug-likeness (QED) is 0.320. The van der Waals surface area contributed by atoms with Crippen LogP contribution in [0.5, 0.6) is 5.75 Å². The van der Waals surface area contributed by atoms with Crippen LogP contribution in [-0.4, -0.2) is 26.5 Å². The summed E-state index contributed by atoms with van der Waals surface area (Å²) >= 11 is 0. The Kier molecular flexibility index (Phi) is 6.79. The summed E-state index contributed by atoms with van der Waals surface area (Å²) in [4.78, 5) is 25.5. The largest absolute Gasteiger partial charge is 0.458 e. The minimum atomic E-state index is -3.92. The van der Waals surface area contributed by atoms with Crippen molar-refractivity contribution in [2.45, 2.75) is 62.4 Å². The molecule has 5 atom stereocenters. The van der Waals surface area contributed by atoms with Crippen molar-refractivity contribution in [3.63, 3.8) is 0 Å². The fourth-order valence-electron chi connectivity index (χ4n) is 7.51. The Hall–Kier alpha value is -3.49. The van der Waals surface area contributed by atoms with E-state index >= 15 is 0 Å². The fourth-order valence-corrected chi connectivity index (χ4v) is 8.06. The van der Waals surface area contributed by atoms with Crippen LogP contribution in [0.2, 0.25) is 0 Å². The first-order valence-corrected chi connectivity index (χ1v) is 15.4. The highest BCUT2D eigenvalue weighted by Gasteiger charge is 2.56. The molecule has 2 fully saturated rings. The summed E-state index contributed by atoms with van der Waals surface area (Å²) in [5.74, 6) is 1.04. The Morgan fingerprint density at radius 2 is 1.65 bits per heavy atom. The predicted molar refractivity (Wildman–Crippen MR) is 149 cm³/mol. The van der Waals surface area contributed by atoms with Gasteiger partial charge in [-0.2, -0.15) is 0 Å². The van der Waals surface area contributed by atoms with Gasteiger partial charge >= 0.3 is 11.9 Å². The summed E-state index contributed by atoms with van der Waals surface area (Å²) in [7, 11) is -3.92. The lowest BCUT2D eigenvalue weighted by atomic mass is 9.55. The van der Waals surface area contributed by atoms with Crippen molar-refractivity contribution >= 4 is 22.0 Å². The molecule has 2 N–H and O–H groups in total. The van der Waals surface area contributed by atoms with E-state index in [2.05, 4.69) is 13.0 Å². The molecule has 8 heteroatoms. The van der Waals surface area contributed by atoms with Crippen molar-refractivity contribution in [3.05, 3.63) is 95.1 Å². The van der Waals surface area contributed by atoms with E-state index in [1.54, 1.807) is 12.1 Å². The van der Waals surface area contributed by atoms with Crippen molar-refractivity contribution in [1.29, 1.82) is 0 Å². The molecule has 6 rings (SSSR count). The molecular weight excluding hydrogens is 526 g/mol. The minimum absolute atomic E-state index is 0.0237. The zero-order valence-electron chi connectivity index (χ0n) is 22.4. The number of esters is 2. The Morgan fingerprint density at radius 1 is 0.875 bits per heavy atom. The SMILES string of the molecule is C[C@]12CCC3c4ccc(OC(=O)c5cccc(S(N)(=O)=O)c5)cc4CCC3C1CC[C@@H]2OC(=O)c1ccccc1. The molecule has 0 radical (unpaired) electrons. The summed E-state index contributed by atoms with van der Waals surface area (Å²) in [5, 5.41) is 5.20. The monoisotopic (exact) mass is 559 g/mol. The molecule has 208 valence electrons. The van der Waals surface area contributed by atoms with E-state index in [4.69, 9.17) is 14.6 Å². The van der Waals surface area contributed by atoms with Crippen molar-refractivity contribution in [2.75, 3.05) is 0 Å². The molecule has 40 heavy (non-hydrogen) atoms. The van der Waals surface area contributed by atoms with E-state index in [1.165, 1.54) is 35.4 Å². The van der Waals surface area contributed by atoms with Crippen molar-refractivity contribution in [3.8, 4) is 5.75 Å². The molecule has 2 saturated carbocycles. The zero-order chi connectivity index (χ0) is 28.1. The van der Waals surface area contributed by atoms with E-state index in [9.17, 15) is 18.0 Å². The van der Waals surface area contributed by atoms with Crippen molar-refractivity contribution in [1.82, 2.24) is 0 Å². The standard InChI is InChI=1S/C32H33NO6S/c1-32-17-16-26-25-13-11-23(38-31(35)22-8-5-9-24(19-22)40(33,36)37)18-21(25)10-12-27(26)28(32)14-15-29(32)39-30(34)20-6-3-2-4-7-20/h2-9,11,13,18-19,26-29H,10,12,14-17H2,1H3,(H2,33,36,37)/t26?,27?,28?,29-,32-/m0/s1. The smallest absolute Gasteiger partial charge is 0.343 e. The van der Waals surface area contributed by atoms with Gasteiger partial charge < -0.3 is 9.47 Å². The predicted octanol–water partition coefficient (Wildman–Crippen LogP) is 5.63. The Labute approximate surface area is 234 Å². The van der Waals surface area contributed by atoms with Crippen LogP contribution in [0.4, 0.5) is 0 Å². The van der Waals surface area contributed by atoms with Gasteiger partial charge in [-0.25, -0.2) is 23.1 Å². The summed E-state index contributed by atoms with van der Waals surface area (Å²) < 4.78 is 35.0. The normalized spacial score (nSPS) is 27.1. The lowest BCUT2D eigenvalue weighted by Crippen LogP contribution is -2.45. The second kappa shape index (κ2) is 10.2. The molecule has 0 bridgehead atoms. The number of aryl methyl sites for hydroxylation is 1. The van der Waals surface area contributed by atoms with Gasteiger partial charge in [0.15, 0.2) is 0 Å². The third-order valence-electron chi connectivity index (χ3n) is 9.48. The fraction of sp³-hybridized carbons (Fsp3) is 0.375. The number of hydrogen-bond donors (Lipinski definition) is 1. The average molecular weight is 560 g/mol. The minimum Gasteiger partial charge on any atom is -0.458 e. The lowest BCUT2D eigenvalue weighted by Gasteiger charge is -2.50. The summed E-state index contributed by atoms with van der Waals surface area (Å²) in [6.45, 7) is 2.31. The van der Waals surface area contributed by atoms with Gasteiger partial charge in [0.25, 0.3) is 0 Å². The second-order valence-electron chi connectivity index (χ2n) is 11.6. The number of benzene rings is 3. The van der Waals surface area contributed by atoms with Gasteiger partial charge in [0.1, 0.15) is 11.9 Å². The maximum Gasteiger partial charge on any atom is 0.343 e. The number of ether oxygens (including phenoxy) is 2. The van der Waals surface area contributed by atoms with Crippen molar-refractivity contribution < 1.29 is 27.5 Å². The van der Waals surface area contributed by atoms with Crippen molar-refractivity contribution in [2.24, 2.45) is 22.4 Å². The van der Waals surface area contributed by atoms with E-state index < -0.39 is 16.0 Å². The van der Waals surface area contributed by atoms with Gasteiger partial charge in [0.05, 0.1) is 16.0 Å². The molecule has 3 aliphatic rings. The van der Waals surface area contributed by atoms with Crippen LogP contribution in [0, 0.1) is 17.3 Å². The van der Waals surface area contributed by atoms with Gasteiger partial charge in [0, 0.05) is 5.41 Å². The van der Waals surface area contributed by atoms with Crippen LogP contribution < -0.4 is 9.88 Å². The van der Waals surface area contributed by atoms with Gasteiger partial charge in [-0.15, -0.1) is 0 Å². The molecule has 7 nitrogen and oxygen atoms in total. The number of fused-ring (bicyclic) bond motifs is 5. The molecule has 0 spiro atoms. The Balaban J connectivity index is 1.16. The van der Waals surface area contributed by atoms with Crippen LogP contribution >= 0.6 is 0 Å². The van der Waals surface area contributed by atoms with Gasteiger partial charge in [0.2, 0.25) is 10.0 Å². The molecule has 3 aliphatic carbocycles. The summed E-state index contributed by atoms with van der Waals surface area (Å²) in [6.07, 6.45) is 5.87. The molecule has 3 aromatic rings. The van der Waals surface area contributed by atoms with Crippen LogP contribution in [0.1, 0.15) is 76.8 Å². The Morgan fingerprint density at radius 3 is 2.42 bits per heavy atom. The molecule has 3 aromatic carbocycles. The Bertz CT molecular complexity index is 1570. The third-order valence-corrected chi connectivity index (χ3v) is 10.4. The number of rotatable bonds is 5. The van der Waals surface area contributed by atoms with E-state index in [-0.39, 0.29) is 27.9 Å².